The molecule has 2 atom stereocenters. The standard InChI is InChI=1S/C23H22N4O/c24-23(28)27-22(19-14-8-3-9-15-19)21(25-16-17-10-4-1-5-11-17)20(26-27)18-12-6-2-7-13-18/h1-15,21-22,25H,16H2,(H2,24,28)/t21-,22+/m0/s1. The average molecular weight is 370 g/mol. The van der Waals surface area contributed by atoms with Crippen LogP contribution in [0.4, 0.5) is 4.79 Å². The molecular weight excluding hydrogens is 348 g/mol. The molecule has 0 spiro atoms. The Morgan fingerprint density at radius 3 is 2.07 bits per heavy atom. The predicted molar refractivity (Wildman–Crippen MR) is 111 cm³/mol. The Kier molecular flexibility index (Phi) is 5.17. The summed E-state index contributed by atoms with van der Waals surface area (Å²) >= 11 is 0. The van der Waals surface area contributed by atoms with E-state index in [0.29, 0.717) is 6.54 Å². The number of benzene rings is 3. The molecule has 28 heavy (non-hydrogen) atoms. The molecule has 3 N–H and O–H groups in total. The number of primary amides is 1. The first kappa shape index (κ1) is 17.9. The van der Waals surface area contributed by atoms with Crippen molar-refractivity contribution in [1.29, 1.82) is 0 Å². The Labute approximate surface area is 164 Å². The highest BCUT2D eigenvalue weighted by atomic mass is 16.2. The second-order valence-electron chi connectivity index (χ2n) is 6.73. The van der Waals surface area contributed by atoms with Gasteiger partial charge in [0.15, 0.2) is 0 Å². The molecule has 0 saturated heterocycles. The SMILES string of the molecule is NC(=O)N1N=C(c2ccccc2)[C@H](NCc2ccccc2)[C@H]1c1ccccc1. The van der Waals surface area contributed by atoms with Gasteiger partial charge in [0.1, 0.15) is 6.04 Å². The van der Waals surface area contributed by atoms with Crippen LogP contribution in [0, 0.1) is 0 Å². The van der Waals surface area contributed by atoms with Crippen LogP contribution in [0.3, 0.4) is 0 Å². The third-order valence-corrected chi connectivity index (χ3v) is 4.89. The minimum absolute atomic E-state index is 0.183. The van der Waals surface area contributed by atoms with E-state index in [4.69, 9.17) is 5.73 Å². The minimum atomic E-state index is -0.564. The third-order valence-electron chi connectivity index (χ3n) is 4.89. The summed E-state index contributed by atoms with van der Waals surface area (Å²) in [6.07, 6.45) is 0. The highest BCUT2D eigenvalue weighted by Gasteiger charge is 2.41. The Balaban J connectivity index is 1.72. The fourth-order valence-electron chi connectivity index (χ4n) is 3.58. The second kappa shape index (κ2) is 8.06. The van der Waals surface area contributed by atoms with Crippen molar-refractivity contribution in [3.63, 3.8) is 0 Å². The average Bonchev–Trinajstić information content (AvgIpc) is 3.14. The van der Waals surface area contributed by atoms with E-state index in [1.165, 1.54) is 10.6 Å². The lowest BCUT2D eigenvalue weighted by molar-refractivity contribution is 0.189. The number of hydrogen-bond donors (Lipinski definition) is 2. The van der Waals surface area contributed by atoms with Crippen molar-refractivity contribution in [1.82, 2.24) is 10.3 Å². The minimum Gasteiger partial charge on any atom is -0.350 e. The van der Waals surface area contributed by atoms with Crippen LogP contribution in [0.2, 0.25) is 0 Å². The zero-order valence-corrected chi connectivity index (χ0v) is 15.4. The maximum Gasteiger partial charge on any atom is 0.335 e. The number of nitrogens with one attached hydrogen (secondary N) is 1. The molecule has 3 aromatic rings. The van der Waals surface area contributed by atoms with Gasteiger partial charge < -0.3 is 11.1 Å². The van der Waals surface area contributed by atoms with Gasteiger partial charge in [0, 0.05) is 6.54 Å². The zero-order chi connectivity index (χ0) is 19.3. The molecule has 0 aliphatic carbocycles. The van der Waals surface area contributed by atoms with E-state index in [2.05, 4.69) is 22.6 Å². The molecular formula is C23H22N4O. The lowest BCUT2D eigenvalue weighted by Crippen LogP contribution is -2.43. The van der Waals surface area contributed by atoms with Crippen LogP contribution < -0.4 is 11.1 Å². The lowest BCUT2D eigenvalue weighted by Gasteiger charge is -2.27. The van der Waals surface area contributed by atoms with Gasteiger partial charge in [0.2, 0.25) is 0 Å². The summed E-state index contributed by atoms with van der Waals surface area (Å²) in [5, 5.41) is 9.61. The van der Waals surface area contributed by atoms with Crippen LogP contribution in [0.1, 0.15) is 22.7 Å². The van der Waals surface area contributed by atoms with Crippen molar-refractivity contribution in [2.45, 2.75) is 18.6 Å². The van der Waals surface area contributed by atoms with Gasteiger partial charge in [-0.25, -0.2) is 9.80 Å². The largest absolute Gasteiger partial charge is 0.350 e. The van der Waals surface area contributed by atoms with Crippen molar-refractivity contribution in [3.05, 3.63) is 108 Å². The molecule has 2 amide bonds. The van der Waals surface area contributed by atoms with Crippen LogP contribution in [0.5, 0.6) is 0 Å². The van der Waals surface area contributed by atoms with Gasteiger partial charge in [0.05, 0.1) is 11.8 Å². The second-order valence-corrected chi connectivity index (χ2v) is 6.73. The molecule has 0 radical (unpaired) electrons. The molecule has 1 heterocycles. The van der Waals surface area contributed by atoms with E-state index in [0.717, 1.165) is 16.8 Å². The number of rotatable bonds is 5. The van der Waals surface area contributed by atoms with Gasteiger partial charge in [0.25, 0.3) is 0 Å². The summed E-state index contributed by atoms with van der Waals surface area (Å²) in [5.74, 6) is 0. The maximum atomic E-state index is 12.2. The first-order chi connectivity index (χ1) is 13.7. The van der Waals surface area contributed by atoms with Gasteiger partial charge in [-0.1, -0.05) is 91.0 Å². The quantitative estimate of drug-likeness (QED) is 0.719. The molecule has 0 aromatic heterocycles. The van der Waals surface area contributed by atoms with Crippen LogP contribution in [0.25, 0.3) is 0 Å². The molecule has 1 aliphatic heterocycles. The van der Waals surface area contributed by atoms with E-state index in [1.807, 2.05) is 78.9 Å². The highest BCUT2D eigenvalue weighted by molar-refractivity contribution is 6.07. The van der Waals surface area contributed by atoms with Crippen LogP contribution in [-0.4, -0.2) is 22.8 Å². The molecule has 5 heteroatoms. The Hall–Kier alpha value is -3.44. The van der Waals surface area contributed by atoms with Gasteiger partial charge >= 0.3 is 6.03 Å². The van der Waals surface area contributed by atoms with E-state index in [9.17, 15) is 4.79 Å². The molecule has 0 saturated carbocycles. The number of hydrazone groups is 1. The Bertz CT molecular complexity index is 958. The summed E-state index contributed by atoms with van der Waals surface area (Å²) in [7, 11) is 0. The number of nitrogens with zero attached hydrogens (tertiary/aromatic N) is 2. The van der Waals surface area contributed by atoms with Crippen molar-refractivity contribution in [3.8, 4) is 0 Å². The van der Waals surface area contributed by atoms with Gasteiger partial charge in [-0.15, -0.1) is 0 Å². The monoisotopic (exact) mass is 370 g/mol. The molecule has 5 nitrogen and oxygen atoms in total. The number of amides is 2. The van der Waals surface area contributed by atoms with Crippen molar-refractivity contribution < 1.29 is 4.79 Å². The van der Waals surface area contributed by atoms with Crippen LogP contribution >= 0.6 is 0 Å². The maximum absolute atomic E-state index is 12.2. The van der Waals surface area contributed by atoms with E-state index < -0.39 is 6.03 Å². The number of nitrogens with two attached hydrogens (primary N) is 1. The zero-order valence-electron chi connectivity index (χ0n) is 15.4. The number of hydrogen-bond acceptors (Lipinski definition) is 3. The fraction of sp³-hybridized carbons (Fsp3) is 0.130. The van der Waals surface area contributed by atoms with E-state index >= 15 is 0 Å². The van der Waals surface area contributed by atoms with E-state index in [1.54, 1.807) is 0 Å². The normalized spacial score (nSPS) is 18.7. The summed E-state index contributed by atoms with van der Waals surface area (Å²) < 4.78 is 0. The molecule has 4 rings (SSSR count). The van der Waals surface area contributed by atoms with Crippen LogP contribution in [0.15, 0.2) is 96.1 Å². The van der Waals surface area contributed by atoms with Crippen molar-refractivity contribution in [2.75, 3.05) is 0 Å². The predicted octanol–water partition coefficient (Wildman–Crippen LogP) is 3.68. The molecule has 0 bridgehead atoms. The number of carbonyl (C=O) groups excluding carboxylic acids is 1. The summed E-state index contributed by atoms with van der Waals surface area (Å²) in [6.45, 7) is 0.660. The number of carbonyl (C=O) groups is 1. The molecule has 1 aliphatic rings. The third kappa shape index (κ3) is 3.66. The molecule has 3 aromatic carbocycles. The van der Waals surface area contributed by atoms with E-state index in [-0.39, 0.29) is 12.1 Å². The fourth-order valence-corrected chi connectivity index (χ4v) is 3.58. The smallest absolute Gasteiger partial charge is 0.335 e. The number of urea groups is 1. The summed E-state index contributed by atoms with van der Waals surface area (Å²) in [4.78, 5) is 12.2. The molecule has 0 unspecified atom stereocenters. The summed E-state index contributed by atoms with van der Waals surface area (Å²) in [5.41, 5.74) is 9.62. The Morgan fingerprint density at radius 2 is 1.46 bits per heavy atom. The molecule has 140 valence electrons. The van der Waals surface area contributed by atoms with Crippen molar-refractivity contribution >= 4 is 11.7 Å². The summed E-state index contributed by atoms with van der Waals surface area (Å²) in [6, 6.07) is 28.9. The highest BCUT2D eigenvalue weighted by Crippen LogP contribution is 2.33. The van der Waals surface area contributed by atoms with Gasteiger partial charge in [-0.05, 0) is 16.7 Å². The Morgan fingerprint density at radius 1 is 0.893 bits per heavy atom. The molecule has 0 fully saturated rings. The first-order valence-electron chi connectivity index (χ1n) is 9.29. The van der Waals surface area contributed by atoms with Crippen LogP contribution in [-0.2, 0) is 6.54 Å². The topological polar surface area (TPSA) is 70.7 Å². The first-order valence-corrected chi connectivity index (χ1v) is 9.29. The lowest BCUT2D eigenvalue weighted by atomic mass is 9.93. The van der Waals surface area contributed by atoms with Gasteiger partial charge in [-0.3, -0.25) is 0 Å². The van der Waals surface area contributed by atoms with Gasteiger partial charge in [-0.2, -0.15) is 5.10 Å². The van der Waals surface area contributed by atoms with Crippen molar-refractivity contribution in [2.24, 2.45) is 10.8 Å².